The number of nitrogens with zero attached hydrogens (tertiary/aromatic N) is 2. The zero-order valence-electron chi connectivity index (χ0n) is 27.5. The molecule has 1 aliphatic carbocycles. The predicted octanol–water partition coefficient (Wildman–Crippen LogP) is 3.22. The highest BCUT2D eigenvalue weighted by molar-refractivity contribution is 6.08. The summed E-state index contributed by atoms with van der Waals surface area (Å²) in [6.07, 6.45) is 4.05. The van der Waals surface area contributed by atoms with Crippen molar-refractivity contribution < 1.29 is 43.3 Å². The number of carbonyl (C=O) groups excluding carboxylic acids is 3. The first-order chi connectivity index (χ1) is 22.9. The van der Waals surface area contributed by atoms with Crippen molar-refractivity contribution in [3.8, 4) is 16.9 Å². The number of aliphatic hydroxyl groups is 1. The number of carbonyl (C=O) groups is 4. The number of hydrogen-bond donors (Lipinski definition) is 3. The summed E-state index contributed by atoms with van der Waals surface area (Å²) >= 11 is 0. The lowest BCUT2D eigenvalue weighted by Crippen LogP contribution is -2.63. The number of carboxylic acids is 1. The Balaban J connectivity index is 1.19. The summed E-state index contributed by atoms with van der Waals surface area (Å²) in [7, 11) is 1.35. The lowest BCUT2D eigenvalue weighted by molar-refractivity contribution is -0.957. The van der Waals surface area contributed by atoms with Crippen LogP contribution in [0.3, 0.4) is 0 Å². The van der Waals surface area contributed by atoms with E-state index in [2.05, 4.69) is 18.2 Å². The number of hydrogen-bond acceptors (Lipinski definition) is 7. The molecule has 0 aromatic heterocycles. The summed E-state index contributed by atoms with van der Waals surface area (Å²) in [5.41, 5.74) is 11.3. The van der Waals surface area contributed by atoms with Gasteiger partial charge in [0.25, 0.3) is 0 Å². The fraction of sp³-hybridized carbons (Fsp3) is 0.459. The van der Waals surface area contributed by atoms with Crippen molar-refractivity contribution in [1.29, 1.82) is 0 Å². The molecule has 4 atom stereocenters. The van der Waals surface area contributed by atoms with Crippen LogP contribution in [0.25, 0.3) is 16.7 Å². The number of aliphatic carboxylic acids is 1. The highest BCUT2D eigenvalue weighted by Gasteiger charge is 2.60. The number of amides is 2. The molecule has 11 nitrogen and oxygen atoms in total. The van der Waals surface area contributed by atoms with Crippen LogP contribution >= 0.6 is 0 Å². The van der Waals surface area contributed by atoms with E-state index in [1.807, 2.05) is 25.1 Å². The van der Waals surface area contributed by atoms with Crippen molar-refractivity contribution >= 4 is 29.3 Å². The van der Waals surface area contributed by atoms with E-state index in [-0.39, 0.29) is 35.5 Å². The van der Waals surface area contributed by atoms with Crippen molar-refractivity contribution in [1.82, 2.24) is 4.90 Å². The maximum absolute atomic E-state index is 12.8. The molecule has 0 radical (unpaired) electrons. The first kappa shape index (κ1) is 32.1. The van der Waals surface area contributed by atoms with Crippen LogP contribution in [0.1, 0.15) is 56.2 Å². The molecule has 48 heavy (non-hydrogen) atoms. The Hall–Kier alpha value is -4.48. The molecule has 8 rings (SSSR count). The van der Waals surface area contributed by atoms with E-state index >= 15 is 0 Å². The molecule has 0 spiro atoms. The lowest BCUT2D eigenvalue weighted by atomic mass is 9.68. The first-order valence-corrected chi connectivity index (χ1v) is 16.7. The fourth-order valence-electron chi connectivity index (χ4n) is 9.14. The van der Waals surface area contributed by atoms with Crippen LogP contribution in [0.4, 0.5) is 0 Å². The van der Waals surface area contributed by atoms with E-state index in [1.165, 1.54) is 18.1 Å². The van der Waals surface area contributed by atoms with Gasteiger partial charge >= 0.3 is 11.9 Å². The van der Waals surface area contributed by atoms with Crippen LogP contribution in [-0.2, 0) is 30.5 Å². The molecule has 2 aromatic carbocycles. The number of fused-ring (bicyclic) bond motifs is 7. The van der Waals surface area contributed by atoms with Crippen LogP contribution in [0.15, 0.2) is 53.7 Å². The number of β-lactam (4-membered cyclic amide) rings is 1. The van der Waals surface area contributed by atoms with E-state index in [9.17, 15) is 29.4 Å². The average Bonchev–Trinajstić information content (AvgIpc) is 3.49. The third-order valence-corrected chi connectivity index (χ3v) is 11.7. The Bertz CT molecular complexity index is 1780. The topological polar surface area (TPSA) is 156 Å². The zero-order chi connectivity index (χ0) is 34.1. The van der Waals surface area contributed by atoms with E-state index in [0.29, 0.717) is 17.7 Å². The highest BCUT2D eigenvalue weighted by Crippen LogP contribution is 2.52. The second kappa shape index (κ2) is 11.6. The zero-order valence-corrected chi connectivity index (χ0v) is 27.5. The number of benzene rings is 2. The number of quaternary nitrogens is 1. The SMILES string of the molecule is COC(=O)C=C1c2cc(C[N+]34CCC(CC(N)=O)(CC3)CC4)ccc2-c2c(OCC3=C(C(=O)O)N4C(=O)C(C(C)O)C4[C@H]3C)cccc21. The van der Waals surface area contributed by atoms with Gasteiger partial charge in [-0.15, -0.1) is 0 Å². The van der Waals surface area contributed by atoms with Crippen LogP contribution < -0.4 is 10.5 Å². The number of carboxylic acid groups (broad SMARTS) is 1. The summed E-state index contributed by atoms with van der Waals surface area (Å²) in [6, 6.07) is 11.5. The molecular weight excluding hydrogens is 614 g/mol. The molecule has 2 bridgehead atoms. The molecule has 11 heteroatoms. The average molecular weight is 657 g/mol. The number of aliphatic hydroxyl groups excluding tert-OH is 1. The molecule has 3 unspecified atom stereocenters. The van der Waals surface area contributed by atoms with Crippen LogP contribution in [-0.4, -0.2) is 88.8 Å². The van der Waals surface area contributed by atoms with Gasteiger partial charge in [0.2, 0.25) is 11.8 Å². The monoisotopic (exact) mass is 656 g/mol. The number of nitrogens with two attached hydrogens (primary N) is 1. The molecular formula is C37H42N3O8+. The summed E-state index contributed by atoms with van der Waals surface area (Å²) in [4.78, 5) is 50.8. The highest BCUT2D eigenvalue weighted by atomic mass is 16.5. The minimum absolute atomic E-state index is 0.0429. The third kappa shape index (κ3) is 5.02. The van der Waals surface area contributed by atoms with Gasteiger partial charge in [-0.1, -0.05) is 31.2 Å². The predicted molar refractivity (Wildman–Crippen MR) is 175 cm³/mol. The number of ether oxygens (including phenoxy) is 2. The van der Waals surface area contributed by atoms with Gasteiger partial charge in [0.05, 0.1) is 44.8 Å². The van der Waals surface area contributed by atoms with Gasteiger partial charge < -0.3 is 34.8 Å². The molecule has 252 valence electrons. The van der Waals surface area contributed by atoms with E-state index < -0.39 is 30.0 Å². The van der Waals surface area contributed by atoms with Crippen LogP contribution in [0.5, 0.6) is 5.75 Å². The van der Waals surface area contributed by atoms with Crippen LogP contribution in [0, 0.1) is 17.3 Å². The maximum Gasteiger partial charge on any atom is 0.352 e. The van der Waals surface area contributed by atoms with E-state index in [4.69, 9.17) is 15.2 Å². The van der Waals surface area contributed by atoms with Gasteiger partial charge in [-0.25, -0.2) is 9.59 Å². The molecule has 4 saturated heterocycles. The molecule has 2 amide bonds. The Morgan fingerprint density at radius 2 is 1.81 bits per heavy atom. The van der Waals surface area contributed by atoms with Gasteiger partial charge in [0, 0.05) is 54.4 Å². The van der Waals surface area contributed by atoms with E-state index in [1.54, 1.807) is 6.92 Å². The third-order valence-electron chi connectivity index (χ3n) is 11.7. The summed E-state index contributed by atoms with van der Waals surface area (Å²) in [5.74, 6) is -2.71. The van der Waals surface area contributed by atoms with Crippen LogP contribution in [0.2, 0.25) is 0 Å². The number of esters is 1. The molecule has 5 heterocycles. The van der Waals surface area contributed by atoms with Crippen molar-refractivity contribution in [3.63, 3.8) is 0 Å². The smallest absolute Gasteiger partial charge is 0.352 e. The van der Waals surface area contributed by atoms with Crippen molar-refractivity contribution in [3.05, 3.63) is 70.4 Å². The van der Waals surface area contributed by atoms with Crippen molar-refractivity contribution in [2.75, 3.05) is 33.4 Å². The Morgan fingerprint density at radius 1 is 1.10 bits per heavy atom. The maximum atomic E-state index is 12.8. The minimum Gasteiger partial charge on any atom is -0.488 e. The first-order valence-electron chi connectivity index (χ1n) is 16.7. The second-order valence-electron chi connectivity index (χ2n) is 14.4. The number of piperidine rings is 3. The minimum atomic E-state index is -1.20. The molecule has 5 aliphatic heterocycles. The van der Waals surface area contributed by atoms with Gasteiger partial charge in [-0.3, -0.25) is 9.59 Å². The molecule has 4 fully saturated rings. The molecule has 6 aliphatic rings. The summed E-state index contributed by atoms with van der Waals surface area (Å²) in [6.45, 7) is 7.22. The standard InChI is InChI=1S/C37H41N3O8/c1-20-27(34(36(45)46)39-33(20)31(21(2)41)35(39)44)19-48-28-6-4-5-23-26(16-30(43)47-3)25-15-22(7-8-24(25)32(23)28)18-40-12-9-37(10-13-40,11-14-40)17-29(38)42/h4-8,15-16,20-21,31,33,41H,9-14,17-19H2,1-3H3,(H2-,38,42,45,46)/p+1/t20-,21?,31?,33?,37?,40?/m0/s1. The second-order valence-corrected chi connectivity index (χ2v) is 14.4. The Labute approximate surface area is 279 Å². The van der Waals surface area contributed by atoms with Gasteiger partial charge in [-0.05, 0) is 46.7 Å². The summed E-state index contributed by atoms with van der Waals surface area (Å²) < 4.78 is 12.4. The quantitative estimate of drug-likeness (QED) is 0.130. The summed E-state index contributed by atoms with van der Waals surface area (Å²) in [5, 5.41) is 20.3. The van der Waals surface area contributed by atoms with Crippen molar-refractivity contribution in [2.24, 2.45) is 23.0 Å². The van der Waals surface area contributed by atoms with Gasteiger partial charge in [0.1, 0.15) is 24.6 Å². The Morgan fingerprint density at radius 3 is 2.44 bits per heavy atom. The molecule has 4 N–H and O–H groups in total. The van der Waals surface area contributed by atoms with Crippen molar-refractivity contribution in [2.45, 2.75) is 58.2 Å². The fourth-order valence-corrected chi connectivity index (χ4v) is 9.14. The number of primary amides is 1. The lowest BCUT2D eigenvalue weighted by Gasteiger charge is -2.54. The number of methoxy groups -OCH3 is 1. The Kier molecular flexibility index (Phi) is 7.75. The van der Waals surface area contributed by atoms with Gasteiger partial charge in [0.15, 0.2) is 0 Å². The van der Waals surface area contributed by atoms with Gasteiger partial charge in [-0.2, -0.15) is 0 Å². The molecule has 2 aromatic rings. The van der Waals surface area contributed by atoms with E-state index in [0.717, 1.165) is 83.3 Å². The molecule has 0 saturated carbocycles. The normalized spacial score (nSPS) is 29.7. The number of rotatable bonds is 10. The largest absolute Gasteiger partial charge is 0.488 e.